The zero-order valence-electron chi connectivity index (χ0n) is 16.7. The van der Waals surface area contributed by atoms with Gasteiger partial charge in [-0.15, -0.1) is 20.4 Å². The highest BCUT2D eigenvalue weighted by molar-refractivity contribution is 7.18. The van der Waals surface area contributed by atoms with E-state index in [1.807, 2.05) is 49.4 Å². The van der Waals surface area contributed by atoms with Gasteiger partial charge in [0.05, 0.1) is 6.54 Å². The molecule has 0 aliphatic rings. The third kappa shape index (κ3) is 4.74. The molecule has 4 aromatic rings. The standard InChI is InChI=1S/C21H21N7OS/c1-14-10-11-17(15(2)13-14)20-24-25-21(30-20)22-18(29)9-6-12-28-26-19(23-27-28)16-7-4-3-5-8-16/h3-5,7-8,10-11,13H,6,9,12H2,1-2H3,(H,22,25,29). The minimum Gasteiger partial charge on any atom is -0.301 e. The molecule has 0 unspecified atom stereocenters. The number of aromatic nitrogens is 6. The fourth-order valence-corrected chi connectivity index (χ4v) is 3.89. The molecule has 9 heteroatoms. The molecule has 8 nitrogen and oxygen atoms in total. The van der Waals surface area contributed by atoms with Gasteiger partial charge in [0, 0.05) is 17.5 Å². The van der Waals surface area contributed by atoms with Gasteiger partial charge in [0.15, 0.2) is 0 Å². The minimum atomic E-state index is -0.110. The lowest BCUT2D eigenvalue weighted by atomic mass is 10.1. The monoisotopic (exact) mass is 419 g/mol. The smallest absolute Gasteiger partial charge is 0.226 e. The number of tetrazole rings is 1. The van der Waals surface area contributed by atoms with Crippen molar-refractivity contribution >= 4 is 22.4 Å². The van der Waals surface area contributed by atoms with Crippen LogP contribution in [0.5, 0.6) is 0 Å². The summed E-state index contributed by atoms with van der Waals surface area (Å²) < 4.78 is 0. The molecule has 152 valence electrons. The quantitative estimate of drug-likeness (QED) is 0.488. The number of carbonyl (C=O) groups excluding carboxylic acids is 1. The van der Waals surface area contributed by atoms with Gasteiger partial charge in [-0.1, -0.05) is 65.4 Å². The number of benzene rings is 2. The Balaban J connectivity index is 1.29. The SMILES string of the molecule is Cc1ccc(-c2nnc(NC(=O)CCCn3nnc(-c4ccccc4)n3)s2)c(C)c1. The Bertz CT molecular complexity index is 1150. The zero-order valence-corrected chi connectivity index (χ0v) is 17.6. The second kappa shape index (κ2) is 8.91. The third-order valence-corrected chi connectivity index (χ3v) is 5.40. The van der Waals surface area contributed by atoms with Gasteiger partial charge in [-0.25, -0.2) is 0 Å². The molecule has 0 aliphatic carbocycles. The normalized spacial score (nSPS) is 10.9. The number of carbonyl (C=O) groups is 1. The zero-order chi connectivity index (χ0) is 20.9. The first-order valence-corrected chi connectivity index (χ1v) is 10.4. The molecule has 1 N–H and O–H groups in total. The molecular formula is C21H21N7OS. The van der Waals surface area contributed by atoms with Gasteiger partial charge in [-0.2, -0.15) is 4.80 Å². The molecule has 0 saturated heterocycles. The Morgan fingerprint density at radius 3 is 2.70 bits per heavy atom. The number of hydrogen-bond donors (Lipinski definition) is 1. The van der Waals surface area contributed by atoms with E-state index >= 15 is 0 Å². The van der Waals surface area contributed by atoms with Crippen molar-refractivity contribution in [1.82, 2.24) is 30.4 Å². The summed E-state index contributed by atoms with van der Waals surface area (Å²) in [5, 5.41) is 24.9. The number of nitrogens with one attached hydrogen (secondary N) is 1. The lowest BCUT2D eigenvalue weighted by Gasteiger charge is -2.02. The molecule has 0 saturated carbocycles. The first-order chi connectivity index (χ1) is 14.6. The van der Waals surface area contributed by atoms with Crippen molar-refractivity contribution < 1.29 is 4.79 Å². The number of hydrogen-bond acceptors (Lipinski definition) is 7. The van der Waals surface area contributed by atoms with E-state index in [0.717, 1.165) is 21.7 Å². The number of nitrogens with zero attached hydrogens (tertiary/aromatic N) is 6. The van der Waals surface area contributed by atoms with E-state index in [1.165, 1.54) is 21.7 Å². The summed E-state index contributed by atoms with van der Waals surface area (Å²) in [4.78, 5) is 13.8. The molecular weight excluding hydrogens is 398 g/mol. The van der Waals surface area contributed by atoms with E-state index in [0.29, 0.717) is 30.3 Å². The lowest BCUT2D eigenvalue weighted by molar-refractivity contribution is -0.116. The molecule has 4 rings (SSSR count). The number of anilines is 1. The minimum absolute atomic E-state index is 0.110. The van der Waals surface area contributed by atoms with Gasteiger partial charge in [0.1, 0.15) is 5.01 Å². The van der Waals surface area contributed by atoms with E-state index in [2.05, 4.69) is 43.9 Å². The van der Waals surface area contributed by atoms with Crippen LogP contribution in [0.4, 0.5) is 5.13 Å². The van der Waals surface area contributed by atoms with Crippen LogP contribution in [-0.2, 0) is 11.3 Å². The van der Waals surface area contributed by atoms with Crippen LogP contribution in [0.3, 0.4) is 0 Å². The highest BCUT2D eigenvalue weighted by Gasteiger charge is 2.12. The van der Waals surface area contributed by atoms with Crippen LogP contribution < -0.4 is 5.32 Å². The van der Waals surface area contributed by atoms with Crippen molar-refractivity contribution in [3.8, 4) is 22.0 Å². The molecule has 0 spiro atoms. The maximum absolute atomic E-state index is 12.2. The second-order valence-corrected chi connectivity index (χ2v) is 7.93. The first-order valence-electron chi connectivity index (χ1n) is 9.63. The second-order valence-electron chi connectivity index (χ2n) is 6.96. The van der Waals surface area contributed by atoms with Crippen LogP contribution in [-0.4, -0.2) is 36.3 Å². The molecule has 30 heavy (non-hydrogen) atoms. The van der Waals surface area contributed by atoms with Crippen molar-refractivity contribution in [3.63, 3.8) is 0 Å². The molecule has 0 radical (unpaired) electrons. The molecule has 0 aliphatic heterocycles. The van der Waals surface area contributed by atoms with E-state index < -0.39 is 0 Å². The van der Waals surface area contributed by atoms with Crippen LogP contribution in [0.25, 0.3) is 22.0 Å². The largest absolute Gasteiger partial charge is 0.301 e. The fourth-order valence-electron chi connectivity index (χ4n) is 3.04. The molecule has 2 aromatic carbocycles. The van der Waals surface area contributed by atoms with Crippen LogP contribution in [0.1, 0.15) is 24.0 Å². The molecule has 1 amide bonds. The average molecular weight is 420 g/mol. The summed E-state index contributed by atoms with van der Waals surface area (Å²) in [5.41, 5.74) is 4.29. The van der Waals surface area contributed by atoms with E-state index in [1.54, 1.807) is 0 Å². The first kappa shape index (κ1) is 19.8. The maximum atomic E-state index is 12.2. The summed E-state index contributed by atoms with van der Waals surface area (Å²) in [6, 6.07) is 15.9. The van der Waals surface area contributed by atoms with Crippen LogP contribution >= 0.6 is 11.3 Å². The highest BCUT2D eigenvalue weighted by atomic mass is 32.1. The Hall–Kier alpha value is -3.46. The number of aryl methyl sites for hydroxylation is 3. The fraction of sp³-hybridized carbons (Fsp3) is 0.238. The maximum Gasteiger partial charge on any atom is 0.226 e. The molecule has 0 fully saturated rings. The van der Waals surface area contributed by atoms with Crippen molar-refractivity contribution in [2.45, 2.75) is 33.2 Å². The van der Waals surface area contributed by atoms with E-state index in [4.69, 9.17) is 0 Å². The number of rotatable bonds is 7. The highest BCUT2D eigenvalue weighted by Crippen LogP contribution is 2.29. The lowest BCUT2D eigenvalue weighted by Crippen LogP contribution is -2.13. The van der Waals surface area contributed by atoms with Crippen LogP contribution in [0.2, 0.25) is 0 Å². The van der Waals surface area contributed by atoms with Crippen LogP contribution in [0, 0.1) is 13.8 Å². The molecule has 0 atom stereocenters. The number of amides is 1. The van der Waals surface area contributed by atoms with Gasteiger partial charge < -0.3 is 5.32 Å². The Labute approximate surface area is 178 Å². The summed E-state index contributed by atoms with van der Waals surface area (Å²) in [7, 11) is 0. The van der Waals surface area contributed by atoms with Gasteiger partial charge >= 0.3 is 0 Å². The Kier molecular flexibility index (Phi) is 5.89. The van der Waals surface area contributed by atoms with Gasteiger partial charge in [-0.05, 0) is 31.0 Å². The van der Waals surface area contributed by atoms with Crippen molar-refractivity contribution in [1.29, 1.82) is 0 Å². The Morgan fingerprint density at radius 1 is 1.07 bits per heavy atom. The summed E-state index contributed by atoms with van der Waals surface area (Å²) >= 11 is 1.37. The van der Waals surface area contributed by atoms with Crippen molar-refractivity contribution in [2.75, 3.05) is 5.32 Å². The Morgan fingerprint density at radius 2 is 1.90 bits per heavy atom. The van der Waals surface area contributed by atoms with Gasteiger partial charge in [-0.3, -0.25) is 4.79 Å². The van der Waals surface area contributed by atoms with E-state index in [9.17, 15) is 4.79 Å². The van der Waals surface area contributed by atoms with Crippen LogP contribution in [0.15, 0.2) is 48.5 Å². The van der Waals surface area contributed by atoms with Crippen molar-refractivity contribution in [2.24, 2.45) is 0 Å². The summed E-state index contributed by atoms with van der Waals surface area (Å²) in [6.07, 6.45) is 0.930. The molecule has 0 bridgehead atoms. The summed E-state index contributed by atoms with van der Waals surface area (Å²) in [5.74, 6) is 0.467. The average Bonchev–Trinajstić information content (AvgIpc) is 3.39. The van der Waals surface area contributed by atoms with Gasteiger partial charge in [0.2, 0.25) is 16.9 Å². The predicted molar refractivity (Wildman–Crippen MR) is 116 cm³/mol. The molecule has 2 heterocycles. The van der Waals surface area contributed by atoms with Crippen molar-refractivity contribution in [3.05, 3.63) is 59.7 Å². The van der Waals surface area contributed by atoms with Gasteiger partial charge in [0.25, 0.3) is 0 Å². The topological polar surface area (TPSA) is 98.5 Å². The summed E-state index contributed by atoms with van der Waals surface area (Å²) in [6.45, 7) is 4.61. The predicted octanol–water partition coefficient (Wildman–Crippen LogP) is 3.89. The third-order valence-electron chi connectivity index (χ3n) is 4.53. The van der Waals surface area contributed by atoms with E-state index in [-0.39, 0.29) is 5.91 Å². The molecule has 2 aromatic heterocycles.